The number of carbonyl (C=O) groups is 1. The summed E-state index contributed by atoms with van der Waals surface area (Å²) >= 11 is 1.77. The van der Waals surface area contributed by atoms with E-state index in [1.807, 2.05) is 44.4 Å². The molecule has 0 aliphatic heterocycles. The van der Waals surface area contributed by atoms with Gasteiger partial charge in [0.1, 0.15) is 0 Å². The van der Waals surface area contributed by atoms with E-state index in [0.29, 0.717) is 19.5 Å². The fourth-order valence-corrected chi connectivity index (χ4v) is 3.34. The molecule has 1 aromatic heterocycles. The zero-order valence-electron chi connectivity index (χ0n) is 15.8. The van der Waals surface area contributed by atoms with Crippen molar-refractivity contribution in [2.75, 3.05) is 34.2 Å². The van der Waals surface area contributed by atoms with Crippen molar-refractivity contribution >= 4 is 23.2 Å². The molecule has 1 N–H and O–H groups in total. The van der Waals surface area contributed by atoms with E-state index >= 15 is 0 Å². The molecular weight excluding hydrogens is 344 g/mol. The van der Waals surface area contributed by atoms with Gasteiger partial charge in [-0.15, -0.1) is 11.3 Å². The number of aliphatic imine (C=N–C) groups is 1. The summed E-state index contributed by atoms with van der Waals surface area (Å²) < 4.78 is 0. The number of guanidine groups is 1. The average molecular weight is 373 g/mol. The topological polar surface area (TPSA) is 47.9 Å². The van der Waals surface area contributed by atoms with Gasteiger partial charge in [-0.05, 0) is 23.4 Å². The molecule has 2 rings (SSSR count). The van der Waals surface area contributed by atoms with Gasteiger partial charge < -0.3 is 15.1 Å². The minimum absolute atomic E-state index is 0.123. The third-order valence-electron chi connectivity index (χ3n) is 4.16. The smallest absolute Gasteiger partial charge is 0.224 e. The van der Waals surface area contributed by atoms with Crippen molar-refractivity contribution in [3.05, 3.63) is 58.3 Å². The maximum Gasteiger partial charge on any atom is 0.224 e. The molecular formula is C20H28N4OS. The molecule has 1 heterocycles. The Morgan fingerprint density at radius 1 is 1.12 bits per heavy atom. The summed E-state index contributed by atoms with van der Waals surface area (Å²) in [7, 11) is 5.64. The third kappa shape index (κ3) is 6.52. The first-order valence-electron chi connectivity index (χ1n) is 8.82. The van der Waals surface area contributed by atoms with E-state index in [1.54, 1.807) is 23.3 Å². The quantitative estimate of drug-likeness (QED) is 0.573. The van der Waals surface area contributed by atoms with Crippen LogP contribution < -0.4 is 5.32 Å². The van der Waals surface area contributed by atoms with Gasteiger partial charge in [0.2, 0.25) is 5.91 Å². The van der Waals surface area contributed by atoms with E-state index < -0.39 is 0 Å². The van der Waals surface area contributed by atoms with Crippen molar-refractivity contribution in [3.63, 3.8) is 0 Å². The van der Waals surface area contributed by atoms with Crippen LogP contribution in [0, 0.1) is 0 Å². The SMILES string of the molecule is CN=C(NCCC(=O)N(C)Cc1ccccc1)N(C)CCc1cccs1. The van der Waals surface area contributed by atoms with Gasteiger partial charge in [-0.2, -0.15) is 0 Å². The summed E-state index contributed by atoms with van der Waals surface area (Å²) in [6.07, 6.45) is 1.44. The maximum atomic E-state index is 12.3. The van der Waals surface area contributed by atoms with E-state index in [0.717, 1.165) is 24.5 Å². The van der Waals surface area contributed by atoms with Gasteiger partial charge in [0, 0.05) is 52.1 Å². The fourth-order valence-electron chi connectivity index (χ4n) is 2.64. The van der Waals surface area contributed by atoms with Gasteiger partial charge in [-0.3, -0.25) is 9.79 Å². The normalized spacial score (nSPS) is 11.3. The number of amides is 1. The van der Waals surface area contributed by atoms with Crippen LogP contribution in [0.4, 0.5) is 0 Å². The Bertz CT molecular complexity index is 685. The van der Waals surface area contributed by atoms with Crippen molar-refractivity contribution in [2.24, 2.45) is 4.99 Å². The zero-order chi connectivity index (χ0) is 18.8. The highest BCUT2D eigenvalue weighted by atomic mass is 32.1. The lowest BCUT2D eigenvalue weighted by Gasteiger charge is -2.22. The summed E-state index contributed by atoms with van der Waals surface area (Å²) in [4.78, 5) is 21.8. The minimum Gasteiger partial charge on any atom is -0.356 e. The molecule has 26 heavy (non-hydrogen) atoms. The molecule has 2 aromatic rings. The number of thiophene rings is 1. The lowest BCUT2D eigenvalue weighted by molar-refractivity contribution is -0.130. The molecule has 1 amide bonds. The highest BCUT2D eigenvalue weighted by Gasteiger charge is 2.11. The predicted molar refractivity (Wildman–Crippen MR) is 110 cm³/mol. The second kappa shape index (κ2) is 10.6. The molecule has 0 saturated carbocycles. The third-order valence-corrected chi connectivity index (χ3v) is 5.09. The number of nitrogens with one attached hydrogen (secondary N) is 1. The van der Waals surface area contributed by atoms with Crippen molar-refractivity contribution in [1.29, 1.82) is 0 Å². The first-order valence-corrected chi connectivity index (χ1v) is 9.70. The first-order chi connectivity index (χ1) is 12.6. The monoisotopic (exact) mass is 372 g/mol. The Kier molecular flexibility index (Phi) is 8.15. The van der Waals surface area contributed by atoms with Crippen LogP contribution in [-0.2, 0) is 17.8 Å². The molecule has 0 spiro atoms. The molecule has 0 bridgehead atoms. The first kappa shape index (κ1) is 20.0. The van der Waals surface area contributed by atoms with Crippen molar-refractivity contribution in [3.8, 4) is 0 Å². The molecule has 0 saturated heterocycles. The second-order valence-electron chi connectivity index (χ2n) is 6.21. The van der Waals surface area contributed by atoms with Gasteiger partial charge in [-0.25, -0.2) is 0 Å². The molecule has 1 aromatic carbocycles. The number of rotatable bonds is 8. The lowest BCUT2D eigenvalue weighted by Crippen LogP contribution is -2.41. The van der Waals surface area contributed by atoms with Crippen molar-refractivity contribution in [1.82, 2.24) is 15.1 Å². The van der Waals surface area contributed by atoms with E-state index in [9.17, 15) is 4.79 Å². The van der Waals surface area contributed by atoms with Gasteiger partial charge in [0.15, 0.2) is 5.96 Å². The Hall–Kier alpha value is -2.34. The van der Waals surface area contributed by atoms with Crippen LogP contribution in [-0.4, -0.2) is 55.9 Å². The second-order valence-corrected chi connectivity index (χ2v) is 7.24. The lowest BCUT2D eigenvalue weighted by atomic mass is 10.2. The van der Waals surface area contributed by atoms with E-state index in [-0.39, 0.29) is 5.91 Å². The summed E-state index contributed by atoms with van der Waals surface area (Å²) in [5.41, 5.74) is 1.14. The number of nitrogens with zero attached hydrogens (tertiary/aromatic N) is 3. The standard InChI is InChI=1S/C20H28N4OS/c1-21-20(23(2)14-12-18-10-7-15-26-18)22-13-11-19(25)24(3)16-17-8-5-4-6-9-17/h4-10,15H,11-14,16H2,1-3H3,(H,21,22). The Morgan fingerprint density at radius 3 is 2.54 bits per heavy atom. The van der Waals surface area contributed by atoms with Crippen LogP contribution in [0.5, 0.6) is 0 Å². The van der Waals surface area contributed by atoms with Crippen LogP contribution >= 0.6 is 11.3 Å². The molecule has 0 radical (unpaired) electrons. The van der Waals surface area contributed by atoms with Gasteiger partial charge in [-0.1, -0.05) is 36.4 Å². The number of hydrogen-bond acceptors (Lipinski definition) is 3. The molecule has 0 aliphatic rings. The largest absolute Gasteiger partial charge is 0.356 e. The Balaban J connectivity index is 1.71. The van der Waals surface area contributed by atoms with Crippen LogP contribution in [0.3, 0.4) is 0 Å². The Labute approximate surface area is 160 Å². The van der Waals surface area contributed by atoms with Gasteiger partial charge >= 0.3 is 0 Å². The number of carbonyl (C=O) groups excluding carboxylic acids is 1. The number of benzene rings is 1. The van der Waals surface area contributed by atoms with Crippen LogP contribution in [0.15, 0.2) is 52.8 Å². The minimum atomic E-state index is 0.123. The van der Waals surface area contributed by atoms with Crippen LogP contribution in [0.1, 0.15) is 16.9 Å². The maximum absolute atomic E-state index is 12.3. The highest BCUT2D eigenvalue weighted by Crippen LogP contribution is 2.09. The van der Waals surface area contributed by atoms with Crippen LogP contribution in [0.25, 0.3) is 0 Å². The number of hydrogen-bond donors (Lipinski definition) is 1. The fraction of sp³-hybridized carbons (Fsp3) is 0.400. The average Bonchev–Trinajstić information content (AvgIpc) is 3.17. The summed E-state index contributed by atoms with van der Waals surface area (Å²) in [6.45, 7) is 2.10. The van der Waals surface area contributed by atoms with Crippen molar-refractivity contribution < 1.29 is 4.79 Å². The molecule has 6 heteroatoms. The van der Waals surface area contributed by atoms with E-state index in [1.165, 1.54) is 4.88 Å². The Morgan fingerprint density at radius 2 is 1.88 bits per heavy atom. The van der Waals surface area contributed by atoms with Gasteiger partial charge in [0.05, 0.1) is 0 Å². The number of likely N-dealkylation sites (N-methyl/N-ethyl adjacent to an activating group) is 1. The summed E-state index contributed by atoms with van der Waals surface area (Å²) in [6, 6.07) is 14.3. The van der Waals surface area contributed by atoms with Gasteiger partial charge in [0.25, 0.3) is 0 Å². The van der Waals surface area contributed by atoms with Crippen molar-refractivity contribution in [2.45, 2.75) is 19.4 Å². The summed E-state index contributed by atoms with van der Waals surface area (Å²) in [5, 5.41) is 5.38. The molecule has 0 fully saturated rings. The molecule has 0 unspecified atom stereocenters. The highest BCUT2D eigenvalue weighted by molar-refractivity contribution is 7.09. The molecule has 140 valence electrons. The van der Waals surface area contributed by atoms with Crippen LogP contribution in [0.2, 0.25) is 0 Å². The molecule has 0 atom stereocenters. The molecule has 5 nitrogen and oxygen atoms in total. The zero-order valence-corrected chi connectivity index (χ0v) is 16.6. The summed E-state index contributed by atoms with van der Waals surface area (Å²) in [5.74, 6) is 0.943. The predicted octanol–water partition coefficient (Wildman–Crippen LogP) is 2.85. The molecule has 0 aliphatic carbocycles. The van der Waals surface area contributed by atoms with E-state index in [4.69, 9.17) is 0 Å². The van der Waals surface area contributed by atoms with E-state index in [2.05, 4.69) is 32.7 Å².